The first-order chi connectivity index (χ1) is 11.6. The summed E-state index contributed by atoms with van der Waals surface area (Å²) < 4.78 is 6.95. The van der Waals surface area contributed by atoms with Gasteiger partial charge in [0.15, 0.2) is 5.69 Å². The zero-order chi connectivity index (χ0) is 16.9. The summed E-state index contributed by atoms with van der Waals surface area (Å²) in [5, 5.41) is 11.0. The van der Waals surface area contributed by atoms with E-state index < -0.39 is 0 Å². The van der Waals surface area contributed by atoms with Gasteiger partial charge in [-0.25, -0.2) is 4.68 Å². The lowest BCUT2D eigenvalue weighted by Crippen LogP contribution is -2.46. The highest BCUT2D eigenvalue weighted by molar-refractivity contribution is 5.92. The van der Waals surface area contributed by atoms with Gasteiger partial charge in [0.25, 0.3) is 5.91 Å². The van der Waals surface area contributed by atoms with Crippen LogP contribution in [0.5, 0.6) is 0 Å². The van der Waals surface area contributed by atoms with Gasteiger partial charge in [0.2, 0.25) is 0 Å². The van der Waals surface area contributed by atoms with Gasteiger partial charge in [0, 0.05) is 25.7 Å². The molecular formula is C17H23N5O2. The summed E-state index contributed by atoms with van der Waals surface area (Å²) >= 11 is 0. The van der Waals surface area contributed by atoms with Crippen LogP contribution in [0.2, 0.25) is 0 Å². The number of morpholine rings is 1. The van der Waals surface area contributed by atoms with Crippen molar-refractivity contribution in [2.45, 2.75) is 19.9 Å². The van der Waals surface area contributed by atoms with Gasteiger partial charge in [-0.2, -0.15) is 0 Å². The van der Waals surface area contributed by atoms with Crippen molar-refractivity contribution in [2.24, 2.45) is 0 Å². The molecule has 2 aromatic rings. The highest BCUT2D eigenvalue weighted by Gasteiger charge is 2.17. The summed E-state index contributed by atoms with van der Waals surface area (Å²) in [5.41, 5.74) is 2.38. The van der Waals surface area contributed by atoms with Crippen molar-refractivity contribution < 1.29 is 9.53 Å². The minimum atomic E-state index is -0.200. The van der Waals surface area contributed by atoms with E-state index in [1.54, 1.807) is 10.9 Å². The van der Waals surface area contributed by atoms with Gasteiger partial charge in [-0.1, -0.05) is 22.9 Å². The Bertz CT molecular complexity index is 677. The molecule has 3 rings (SSSR count). The summed E-state index contributed by atoms with van der Waals surface area (Å²) in [5.74, 6) is -0.200. The second-order valence-corrected chi connectivity index (χ2v) is 6.17. The van der Waals surface area contributed by atoms with Crippen molar-refractivity contribution in [3.05, 3.63) is 41.7 Å². The van der Waals surface area contributed by atoms with Gasteiger partial charge in [-0.3, -0.25) is 9.69 Å². The molecule has 1 atom stereocenters. The number of aromatic nitrogens is 3. The average molecular weight is 329 g/mol. The zero-order valence-electron chi connectivity index (χ0n) is 14.1. The number of ether oxygens (including phenoxy) is 1. The van der Waals surface area contributed by atoms with Gasteiger partial charge in [0.05, 0.1) is 25.1 Å². The average Bonchev–Trinajstić information content (AvgIpc) is 3.06. The first-order valence-electron chi connectivity index (χ1n) is 8.22. The van der Waals surface area contributed by atoms with Crippen molar-refractivity contribution in [2.75, 3.05) is 32.8 Å². The predicted molar refractivity (Wildman–Crippen MR) is 90.3 cm³/mol. The number of hydrogen-bond donors (Lipinski definition) is 1. The molecule has 1 saturated heterocycles. The molecule has 0 radical (unpaired) electrons. The third-order valence-corrected chi connectivity index (χ3v) is 4.04. The normalized spacial score (nSPS) is 16.8. The number of benzene rings is 1. The molecule has 1 aliphatic heterocycles. The van der Waals surface area contributed by atoms with Crippen LogP contribution in [0.1, 0.15) is 23.0 Å². The van der Waals surface area contributed by atoms with E-state index in [1.165, 1.54) is 5.56 Å². The van der Waals surface area contributed by atoms with E-state index in [1.807, 2.05) is 38.1 Å². The highest BCUT2D eigenvalue weighted by Crippen LogP contribution is 2.08. The molecule has 2 heterocycles. The lowest BCUT2D eigenvalue weighted by molar-refractivity contribution is 0.0342. The summed E-state index contributed by atoms with van der Waals surface area (Å²) in [6.45, 7) is 8.16. The molecule has 1 aromatic carbocycles. The quantitative estimate of drug-likeness (QED) is 0.887. The Morgan fingerprint density at radius 1 is 1.29 bits per heavy atom. The zero-order valence-corrected chi connectivity index (χ0v) is 14.1. The monoisotopic (exact) mass is 329 g/mol. The predicted octanol–water partition coefficient (Wildman–Crippen LogP) is 1.03. The largest absolute Gasteiger partial charge is 0.379 e. The molecule has 0 bridgehead atoms. The van der Waals surface area contributed by atoms with E-state index in [4.69, 9.17) is 4.74 Å². The van der Waals surface area contributed by atoms with E-state index in [9.17, 15) is 4.79 Å². The molecule has 0 unspecified atom stereocenters. The van der Waals surface area contributed by atoms with Crippen molar-refractivity contribution >= 4 is 5.91 Å². The van der Waals surface area contributed by atoms with Crippen LogP contribution in [-0.4, -0.2) is 64.7 Å². The number of carbonyl (C=O) groups excluding carboxylic acids is 1. The van der Waals surface area contributed by atoms with E-state index in [-0.39, 0.29) is 11.9 Å². The fourth-order valence-electron chi connectivity index (χ4n) is 2.71. The van der Waals surface area contributed by atoms with Gasteiger partial charge >= 0.3 is 0 Å². The molecule has 7 heteroatoms. The van der Waals surface area contributed by atoms with Crippen molar-refractivity contribution in [3.8, 4) is 5.69 Å². The van der Waals surface area contributed by atoms with Crippen molar-refractivity contribution in [1.29, 1.82) is 0 Å². The lowest BCUT2D eigenvalue weighted by Gasteiger charge is -2.29. The minimum absolute atomic E-state index is 0.0418. The molecular weight excluding hydrogens is 306 g/mol. The van der Waals surface area contributed by atoms with Crippen LogP contribution in [0.4, 0.5) is 0 Å². The molecule has 1 N–H and O–H groups in total. The number of carbonyl (C=O) groups is 1. The summed E-state index contributed by atoms with van der Waals surface area (Å²) in [7, 11) is 0. The van der Waals surface area contributed by atoms with Crippen LogP contribution >= 0.6 is 0 Å². The van der Waals surface area contributed by atoms with E-state index >= 15 is 0 Å². The van der Waals surface area contributed by atoms with Gasteiger partial charge in [-0.15, -0.1) is 5.10 Å². The maximum atomic E-state index is 12.3. The fraction of sp³-hybridized carbons (Fsp3) is 0.471. The van der Waals surface area contributed by atoms with Crippen LogP contribution in [0.3, 0.4) is 0 Å². The SMILES string of the molecule is Cc1ccc(-n2cc(C(=O)N[C@@H](C)CN3CCOCC3)nn2)cc1. The first-order valence-corrected chi connectivity index (χ1v) is 8.22. The van der Waals surface area contributed by atoms with Gasteiger partial charge in [0.1, 0.15) is 0 Å². The van der Waals surface area contributed by atoms with E-state index in [2.05, 4.69) is 20.5 Å². The molecule has 1 aromatic heterocycles. The number of amides is 1. The molecule has 0 saturated carbocycles. The Hall–Kier alpha value is -2.25. The first kappa shape index (κ1) is 16.6. The number of nitrogens with one attached hydrogen (secondary N) is 1. The van der Waals surface area contributed by atoms with Crippen molar-refractivity contribution in [3.63, 3.8) is 0 Å². The van der Waals surface area contributed by atoms with Gasteiger partial charge in [-0.05, 0) is 26.0 Å². The van der Waals surface area contributed by atoms with E-state index in [0.29, 0.717) is 5.69 Å². The Balaban J connectivity index is 1.58. The molecule has 0 spiro atoms. The minimum Gasteiger partial charge on any atom is -0.379 e. The van der Waals surface area contributed by atoms with Crippen molar-refractivity contribution in [1.82, 2.24) is 25.2 Å². The van der Waals surface area contributed by atoms with Crippen LogP contribution < -0.4 is 5.32 Å². The van der Waals surface area contributed by atoms with Crippen LogP contribution in [0.15, 0.2) is 30.5 Å². The lowest BCUT2D eigenvalue weighted by atomic mass is 10.2. The number of nitrogens with zero attached hydrogens (tertiary/aromatic N) is 4. The molecule has 1 aliphatic rings. The summed E-state index contributed by atoms with van der Waals surface area (Å²) in [6, 6.07) is 7.95. The number of hydrogen-bond acceptors (Lipinski definition) is 5. The molecule has 7 nitrogen and oxygen atoms in total. The molecule has 128 valence electrons. The van der Waals surface area contributed by atoms with E-state index in [0.717, 1.165) is 38.5 Å². The van der Waals surface area contributed by atoms with Crippen LogP contribution in [0.25, 0.3) is 5.69 Å². The van der Waals surface area contributed by atoms with Gasteiger partial charge < -0.3 is 10.1 Å². The third-order valence-electron chi connectivity index (χ3n) is 4.04. The molecule has 1 fully saturated rings. The second kappa shape index (κ2) is 7.55. The highest BCUT2D eigenvalue weighted by atomic mass is 16.5. The number of aryl methyl sites for hydroxylation is 1. The van der Waals surface area contributed by atoms with Crippen LogP contribution in [0, 0.1) is 6.92 Å². The Labute approximate surface area is 141 Å². The number of rotatable bonds is 5. The molecule has 24 heavy (non-hydrogen) atoms. The molecule has 0 aliphatic carbocycles. The fourth-order valence-corrected chi connectivity index (χ4v) is 2.71. The standard InChI is InChI=1S/C17H23N5O2/c1-13-3-5-15(6-4-13)22-12-16(19-20-22)17(23)18-14(2)11-21-7-9-24-10-8-21/h3-6,12,14H,7-11H2,1-2H3,(H,18,23)/t14-/m0/s1. The maximum Gasteiger partial charge on any atom is 0.273 e. The topological polar surface area (TPSA) is 72.3 Å². The second-order valence-electron chi connectivity index (χ2n) is 6.17. The Morgan fingerprint density at radius 2 is 2.00 bits per heavy atom. The Morgan fingerprint density at radius 3 is 2.71 bits per heavy atom. The summed E-state index contributed by atoms with van der Waals surface area (Å²) in [6.07, 6.45) is 1.65. The molecule has 1 amide bonds. The van der Waals surface area contributed by atoms with Crippen LogP contribution in [-0.2, 0) is 4.74 Å². The Kier molecular flexibility index (Phi) is 5.22. The third kappa shape index (κ3) is 4.18. The summed E-state index contributed by atoms with van der Waals surface area (Å²) in [4.78, 5) is 14.6. The maximum absolute atomic E-state index is 12.3. The smallest absolute Gasteiger partial charge is 0.273 e.